The van der Waals surface area contributed by atoms with E-state index in [4.69, 9.17) is 10.5 Å². The van der Waals surface area contributed by atoms with Crippen molar-refractivity contribution in [3.05, 3.63) is 0 Å². The highest BCUT2D eigenvalue weighted by Crippen LogP contribution is 2.22. The fourth-order valence-corrected chi connectivity index (χ4v) is 1.32. The highest BCUT2D eigenvalue weighted by Gasteiger charge is 2.41. The summed E-state index contributed by atoms with van der Waals surface area (Å²) in [5.74, 6) is -4.00. The quantitative estimate of drug-likeness (QED) is 0.680. The molecule has 1 heterocycles. The van der Waals surface area contributed by atoms with Crippen LogP contribution >= 0.6 is 0 Å². The van der Waals surface area contributed by atoms with E-state index in [-0.39, 0.29) is 13.2 Å². The molecule has 0 aromatic carbocycles. The molecule has 0 aromatic heterocycles. The number of ether oxygens (including phenoxy) is 1. The Hall–Kier alpha value is -0.400. The Morgan fingerprint density at radius 2 is 2.13 bits per heavy atom. The molecule has 0 amide bonds. The Bertz CT molecular complexity index is 202. The second kappa shape index (κ2) is 4.63. The van der Waals surface area contributed by atoms with Crippen molar-refractivity contribution in [3.63, 3.8) is 0 Å². The zero-order valence-electron chi connectivity index (χ0n) is 8.11. The first-order chi connectivity index (χ1) is 6.86. The maximum absolute atomic E-state index is 12.5. The van der Waals surface area contributed by atoms with Gasteiger partial charge in [-0.3, -0.25) is 0 Å². The number of hydrogen-bond donors (Lipinski definition) is 2. The van der Waals surface area contributed by atoms with Crippen molar-refractivity contribution in [2.75, 3.05) is 26.3 Å². The number of halogens is 4. The SMILES string of the molecule is NC1(CNCC(F)(F)C(F)F)CCOC1. The van der Waals surface area contributed by atoms with Crippen LogP contribution in [0.4, 0.5) is 17.6 Å². The molecule has 0 aliphatic carbocycles. The molecule has 3 N–H and O–H groups in total. The van der Waals surface area contributed by atoms with Crippen LogP contribution in [0.5, 0.6) is 0 Å². The molecular formula is C8H14F4N2O. The lowest BCUT2D eigenvalue weighted by Gasteiger charge is -2.24. The summed E-state index contributed by atoms with van der Waals surface area (Å²) in [5.41, 5.74) is 5.03. The summed E-state index contributed by atoms with van der Waals surface area (Å²) >= 11 is 0. The van der Waals surface area contributed by atoms with Crippen molar-refractivity contribution in [2.24, 2.45) is 5.73 Å². The maximum atomic E-state index is 12.5. The van der Waals surface area contributed by atoms with Gasteiger partial charge in [-0.25, -0.2) is 8.78 Å². The Labute approximate surface area is 85.0 Å². The molecule has 0 saturated carbocycles. The largest absolute Gasteiger partial charge is 0.379 e. The van der Waals surface area contributed by atoms with Gasteiger partial charge >= 0.3 is 12.3 Å². The van der Waals surface area contributed by atoms with Crippen molar-refractivity contribution >= 4 is 0 Å². The fraction of sp³-hybridized carbons (Fsp3) is 1.00. The van der Waals surface area contributed by atoms with Crippen molar-refractivity contribution in [1.29, 1.82) is 0 Å². The first-order valence-electron chi connectivity index (χ1n) is 4.59. The molecule has 0 aromatic rings. The van der Waals surface area contributed by atoms with Gasteiger partial charge in [-0.1, -0.05) is 0 Å². The highest BCUT2D eigenvalue weighted by atomic mass is 19.3. The lowest BCUT2D eigenvalue weighted by Crippen LogP contribution is -2.52. The minimum Gasteiger partial charge on any atom is -0.379 e. The molecule has 90 valence electrons. The molecule has 1 aliphatic rings. The van der Waals surface area contributed by atoms with Crippen LogP contribution in [0.15, 0.2) is 0 Å². The Balaban J connectivity index is 2.26. The van der Waals surface area contributed by atoms with Crippen molar-refractivity contribution in [1.82, 2.24) is 5.32 Å². The van der Waals surface area contributed by atoms with Crippen molar-refractivity contribution in [2.45, 2.75) is 24.3 Å². The molecule has 1 rings (SSSR count). The molecule has 15 heavy (non-hydrogen) atoms. The van der Waals surface area contributed by atoms with Crippen LogP contribution in [-0.2, 0) is 4.74 Å². The highest BCUT2D eigenvalue weighted by molar-refractivity contribution is 4.90. The van der Waals surface area contributed by atoms with Crippen molar-refractivity contribution in [3.8, 4) is 0 Å². The van der Waals surface area contributed by atoms with Crippen LogP contribution < -0.4 is 11.1 Å². The van der Waals surface area contributed by atoms with Gasteiger partial charge in [0.15, 0.2) is 0 Å². The third-order valence-electron chi connectivity index (χ3n) is 2.29. The Morgan fingerprint density at radius 1 is 1.47 bits per heavy atom. The average Bonchev–Trinajstić information content (AvgIpc) is 2.51. The van der Waals surface area contributed by atoms with Gasteiger partial charge in [0, 0.05) is 13.2 Å². The van der Waals surface area contributed by atoms with E-state index in [2.05, 4.69) is 5.32 Å². The first-order valence-corrected chi connectivity index (χ1v) is 4.59. The standard InChI is InChI=1S/C8H14F4N2O/c9-6(10)8(11,12)4-14-3-7(13)1-2-15-5-7/h6,14H,1-5,13H2. The topological polar surface area (TPSA) is 47.3 Å². The third-order valence-corrected chi connectivity index (χ3v) is 2.29. The van der Waals surface area contributed by atoms with E-state index in [9.17, 15) is 17.6 Å². The maximum Gasteiger partial charge on any atom is 0.319 e. The molecule has 0 radical (unpaired) electrons. The van der Waals surface area contributed by atoms with Crippen molar-refractivity contribution < 1.29 is 22.3 Å². The van der Waals surface area contributed by atoms with E-state index in [1.165, 1.54) is 0 Å². The Morgan fingerprint density at radius 3 is 2.60 bits per heavy atom. The summed E-state index contributed by atoms with van der Waals surface area (Å²) in [6.45, 7) is -0.275. The van der Waals surface area contributed by atoms with E-state index in [0.29, 0.717) is 13.0 Å². The van der Waals surface area contributed by atoms with Gasteiger partial charge in [0.05, 0.1) is 18.7 Å². The lowest BCUT2D eigenvalue weighted by molar-refractivity contribution is -0.125. The molecule has 7 heteroatoms. The molecule has 1 fully saturated rings. The van der Waals surface area contributed by atoms with E-state index < -0.39 is 24.4 Å². The van der Waals surface area contributed by atoms with Gasteiger partial charge in [0.1, 0.15) is 0 Å². The average molecular weight is 230 g/mol. The minimum atomic E-state index is -4.00. The van der Waals surface area contributed by atoms with Gasteiger partial charge < -0.3 is 15.8 Å². The summed E-state index contributed by atoms with van der Waals surface area (Å²) in [5, 5.41) is 2.25. The molecule has 1 aliphatic heterocycles. The van der Waals surface area contributed by atoms with Gasteiger partial charge in [-0.2, -0.15) is 8.78 Å². The minimum absolute atomic E-state index is 0.0509. The van der Waals surface area contributed by atoms with Crippen LogP contribution in [0, 0.1) is 0 Å². The van der Waals surface area contributed by atoms with Crippen LogP contribution in [0.25, 0.3) is 0 Å². The monoisotopic (exact) mass is 230 g/mol. The van der Waals surface area contributed by atoms with E-state index >= 15 is 0 Å². The van der Waals surface area contributed by atoms with E-state index in [1.54, 1.807) is 0 Å². The predicted octanol–water partition coefficient (Wildman–Crippen LogP) is 0.594. The first kappa shape index (κ1) is 12.7. The van der Waals surface area contributed by atoms with Crippen LogP contribution in [0.3, 0.4) is 0 Å². The van der Waals surface area contributed by atoms with Gasteiger partial charge in [-0.05, 0) is 6.42 Å². The molecule has 0 spiro atoms. The lowest BCUT2D eigenvalue weighted by atomic mass is 10.0. The van der Waals surface area contributed by atoms with Crippen LogP contribution in [-0.4, -0.2) is 44.2 Å². The zero-order valence-corrected chi connectivity index (χ0v) is 8.11. The van der Waals surface area contributed by atoms with Gasteiger partial charge in [0.25, 0.3) is 0 Å². The van der Waals surface area contributed by atoms with E-state index in [0.717, 1.165) is 0 Å². The summed E-state index contributed by atoms with van der Waals surface area (Å²) in [4.78, 5) is 0. The summed E-state index contributed by atoms with van der Waals surface area (Å²) in [6, 6.07) is 0. The number of nitrogens with one attached hydrogen (secondary N) is 1. The molecule has 1 saturated heterocycles. The number of alkyl halides is 4. The van der Waals surface area contributed by atoms with E-state index in [1.807, 2.05) is 0 Å². The smallest absolute Gasteiger partial charge is 0.319 e. The molecule has 3 nitrogen and oxygen atoms in total. The second-order valence-electron chi connectivity index (χ2n) is 3.83. The number of rotatable bonds is 5. The van der Waals surface area contributed by atoms with Crippen LogP contribution in [0.1, 0.15) is 6.42 Å². The second-order valence-corrected chi connectivity index (χ2v) is 3.83. The Kier molecular flexibility index (Phi) is 3.91. The molecular weight excluding hydrogens is 216 g/mol. The summed E-state index contributed by atoms with van der Waals surface area (Å²) < 4.78 is 53.4. The summed E-state index contributed by atoms with van der Waals surface area (Å²) in [6.07, 6.45) is -3.11. The number of hydrogen-bond acceptors (Lipinski definition) is 3. The molecule has 1 unspecified atom stereocenters. The normalized spacial score (nSPS) is 27.6. The third kappa shape index (κ3) is 3.58. The molecule has 1 atom stereocenters. The van der Waals surface area contributed by atoms with Gasteiger partial charge in [0.2, 0.25) is 0 Å². The number of nitrogens with two attached hydrogens (primary N) is 1. The predicted molar refractivity (Wildman–Crippen MR) is 46.2 cm³/mol. The summed E-state index contributed by atoms with van der Waals surface area (Å²) in [7, 11) is 0. The van der Waals surface area contributed by atoms with Crippen LogP contribution in [0.2, 0.25) is 0 Å². The van der Waals surface area contributed by atoms with Gasteiger partial charge in [-0.15, -0.1) is 0 Å². The zero-order chi connectivity index (χ0) is 11.5. The molecule has 0 bridgehead atoms. The fourth-order valence-electron chi connectivity index (χ4n) is 1.32.